The van der Waals surface area contributed by atoms with Crippen molar-refractivity contribution in [2.75, 3.05) is 37.8 Å². The molecule has 0 unspecified atom stereocenters. The van der Waals surface area contributed by atoms with Gasteiger partial charge in [0.2, 0.25) is 5.91 Å². The van der Waals surface area contributed by atoms with Crippen molar-refractivity contribution in [3.8, 4) is 5.75 Å². The number of thioether (sulfide) groups is 1. The summed E-state index contributed by atoms with van der Waals surface area (Å²) in [6, 6.07) is 8.99. The summed E-state index contributed by atoms with van der Waals surface area (Å²) < 4.78 is 20.4. The van der Waals surface area contributed by atoms with Crippen LogP contribution >= 0.6 is 11.8 Å². The van der Waals surface area contributed by atoms with Crippen molar-refractivity contribution in [3.05, 3.63) is 53.9 Å². The molecule has 35 heavy (non-hydrogen) atoms. The largest absolute Gasteiger partial charge is 0.497 e. The van der Waals surface area contributed by atoms with E-state index in [2.05, 4.69) is 20.6 Å². The molecular formula is C25H28FN5O3S. The average Bonchev–Trinajstić information content (AvgIpc) is 2.87. The lowest BCUT2D eigenvalue weighted by Crippen LogP contribution is -2.51. The molecule has 3 atom stereocenters. The smallest absolute Gasteiger partial charge is 0.234 e. The predicted octanol–water partition coefficient (Wildman–Crippen LogP) is 2.92. The molecule has 10 heteroatoms. The van der Waals surface area contributed by atoms with E-state index in [0.717, 1.165) is 27.1 Å². The number of nitrogens with zero attached hydrogens (tertiary/aromatic N) is 3. The fourth-order valence-electron chi connectivity index (χ4n) is 4.64. The summed E-state index contributed by atoms with van der Waals surface area (Å²) in [4.78, 5) is 22.4. The summed E-state index contributed by atoms with van der Waals surface area (Å²) in [5.74, 6) is 1.04. The van der Waals surface area contributed by atoms with Gasteiger partial charge >= 0.3 is 0 Å². The molecule has 1 fully saturated rings. The van der Waals surface area contributed by atoms with Crippen molar-refractivity contribution in [1.82, 2.24) is 20.2 Å². The number of hydrogen-bond acceptors (Lipinski definition) is 8. The Bertz CT molecular complexity index is 1230. The van der Waals surface area contributed by atoms with Gasteiger partial charge in [0, 0.05) is 43.5 Å². The molecule has 3 N–H and O–H groups in total. The first-order chi connectivity index (χ1) is 17.0. The third kappa shape index (κ3) is 5.40. The van der Waals surface area contributed by atoms with Crippen molar-refractivity contribution in [2.24, 2.45) is 0 Å². The van der Waals surface area contributed by atoms with Gasteiger partial charge in [0.15, 0.2) is 0 Å². The van der Waals surface area contributed by atoms with Crippen molar-refractivity contribution < 1.29 is 19.0 Å². The second kappa shape index (κ2) is 10.4. The Morgan fingerprint density at radius 2 is 2.23 bits per heavy atom. The first-order valence-electron chi connectivity index (χ1n) is 11.6. The summed E-state index contributed by atoms with van der Waals surface area (Å²) in [6.45, 7) is 1.74. The first kappa shape index (κ1) is 23.9. The van der Waals surface area contributed by atoms with Gasteiger partial charge in [0.25, 0.3) is 0 Å². The minimum absolute atomic E-state index is 0.0355. The van der Waals surface area contributed by atoms with Crippen LogP contribution in [0.15, 0.2) is 47.8 Å². The predicted molar refractivity (Wildman–Crippen MR) is 133 cm³/mol. The topological polar surface area (TPSA) is 99.6 Å². The quantitative estimate of drug-likeness (QED) is 0.458. The van der Waals surface area contributed by atoms with E-state index in [0.29, 0.717) is 43.2 Å². The molecule has 0 bridgehead atoms. The number of ether oxygens (including phenoxy) is 1. The number of pyridine rings is 2. The third-order valence-electron chi connectivity index (χ3n) is 6.49. The van der Waals surface area contributed by atoms with Crippen molar-refractivity contribution in [2.45, 2.75) is 36.3 Å². The van der Waals surface area contributed by atoms with Crippen LogP contribution in [0.5, 0.6) is 5.75 Å². The van der Waals surface area contributed by atoms with Crippen LogP contribution in [0.1, 0.15) is 23.7 Å². The molecule has 4 heterocycles. The maximum absolute atomic E-state index is 15.0. The molecule has 1 saturated heterocycles. The SMILES string of the molecule is COc1ccc2nccc([C@@H](O)CN3CC[C@H](NCc4cnc5c(c4)NC(=O)CS5)[C@H](F)C3)c2c1. The number of rotatable bonds is 7. The second-order valence-corrected chi connectivity index (χ2v) is 9.85. The molecular weight excluding hydrogens is 469 g/mol. The number of alkyl halides is 1. The molecule has 0 saturated carbocycles. The van der Waals surface area contributed by atoms with Crippen LogP contribution < -0.4 is 15.4 Å². The number of amides is 1. The number of carbonyl (C=O) groups is 1. The third-order valence-corrected chi connectivity index (χ3v) is 7.49. The van der Waals surface area contributed by atoms with Crippen LogP contribution in [-0.2, 0) is 11.3 Å². The van der Waals surface area contributed by atoms with Crippen molar-refractivity contribution in [1.29, 1.82) is 0 Å². The van der Waals surface area contributed by atoms with Crippen LogP contribution in [-0.4, -0.2) is 70.6 Å². The fourth-order valence-corrected chi connectivity index (χ4v) is 5.37. The molecule has 0 aliphatic carbocycles. The van der Waals surface area contributed by atoms with Crippen LogP contribution in [0.2, 0.25) is 0 Å². The number of halogens is 1. The number of aliphatic hydroxyl groups is 1. The molecule has 5 rings (SSSR count). The van der Waals surface area contributed by atoms with Gasteiger partial charge in [-0.1, -0.05) is 11.8 Å². The lowest BCUT2D eigenvalue weighted by atomic mass is 10.00. The maximum Gasteiger partial charge on any atom is 0.234 e. The van der Waals surface area contributed by atoms with Crippen molar-refractivity contribution in [3.63, 3.8) is 0 Å². The molecule has 2 aliphatic heterocycles. The zero-order chi connectivity index (χ0) is 24.4. The van der Waals surface area contributed by atoms with Crippen molar-refractivity contribution >= 4 is 34.3 Å². The van der Waals surface area contributed by atoms with Crippen LogP contribution in [0.3, 0.4) is 0 Å². The number of aromatic nitrogens is 2. The zero-order valence-electron chi connectivity index (χ0n) is 19.4. The molecule has 0 spiro atoms. The molecule has 1 aromatic carbocycles. The summed E-state index contributed by atoms with van der Waals surface area (Å²) in [7, 11) is 1.60. The molecule has 1 amide bonds. The monoisotopic (exact) mass is 497 g/mol. The number of nitrogens with one attached hydrogen (secondary N) is 2. The number of carbonyl (C=O) groups excluding carboxylic acids is 1. The molecule has 8 nitrogen and oxygen atoms in total. The number of benzene rings is 1. The van der Waals surface area contributed by atoms with Crippen LogP contribution in [0, 0.1) is 0 Å². The minimum Gasteiger partial charge on any atom is -0.497 e. The van der Waals surface area contributed by atoms with E-state index in [4.69, 9.17) is 4.74 Å². The normalized spacial score (nSPS) is 21.4. The first-order valence-corrected chi connectivity index (χ1v) is 12.6. The second-order valence-electron chi connectivity index (χ2n) is 8.88. The Morgan fingerprint density at radius 1 is 1.34 bits per heavy atom. The number of piperidine rings is 1. The van der Waals surface area contributed by atoms with E-state index in [1.807, 2.05) is 29.2 Å². The van der Waals surface area contributed by atoms with E-state index >= 15 is 4.39 Å². The van der Waals surface area contributed by atoms with Gasteiger partial charge < -0.3 is 20.5 Å². The van der Waals surface area contributed by atoms with Crippen LogP contribution in [0.25, 0.3) is 10.9 Å². The Hall–Kier alpha value is -2.79. The number of fused-ring (bicyclic) bond motifs is 2. The van der Waals surface area contributed by atoms with Gasteiger partial charge in [-0.25, -0.2) is 9.37 Å². The molecule has 2 aromatic heterocycles. The lowest BCUT2D eigenvalue weighted by Gasteiger charge is -2.36. The molecule has 3 aromatic rings. The fraction of sp³-hybridized carbons (Fsp3) is 0.400. The highest BCUT2D eigenvalue weighted by Gasteiger charge is 2.30. The number of methoxy groups -OCH3 is 1. The summed E-state index contributed by atoms with van der Waals surface area (Å²) >= 11 is 1.42. The van der Waals surface area contributed by atoms with Gasteiger partial charge in [-0.2, -0.15) is 0 Å². The maximum atomic E-state index is 15.0. The molecule has 2 aliphatic rings. The van der Waals surface area contributed by atoms with E-state index in [9.17, 15) is 9.90 Å². The minimum atomic E-state index is -1.06. The number of β-amino-alcohol motifs (C(OH)–C–C–N with tert-alkyl or cyclic N) is 1. The standard InChI is InChI=1S/C25H28FN5O3S/c1-34-16-2-3-20-18(9-16)17(4-6-27-20)23(32)13-31-7-5-21(19(26)12-31)28-10-15-8-22-25(29-11-15)35-14-24(33)30-22/h2-4,6,8-9,11,19,21,23,28,32H,5,7,10,12-14H2,1H3,(H,30,33)/t19-,21+,23+/m1/s1. The number of anilines is 1. The van der Waals surface area contributed by atoms with E-state index < -0.39 is 12.3 Å². The van der Waals surface area contributed by atoms with E-state index in [1.165, 1.54) is 11.8 Å². The highest BCUT2D eigenvalue weighted by atomic mass is 32.2. The van der Waals surface area contributed by atoms with Gasteiger partial charge in [0.1, 0.15) is 16.9 Å². The van der Waals surface area contributed by atoms with Gasteiger partial charge in [-0.05, 0) is 54.4 Å². The lowest BCUT2D eigenvalue weighted by molar-refractivity contribution is -0.113. The Morgan fingerprint density at radius 3 is 3.06 bits per heavy atom. The highest BCUT2D eigenvalue weighted by molar-refractivity contribution is 8.00. The zero-order valence-corrected chi connectivity index (χ0v) is 20.2. The summed E-state index contributed by atoms with van der Waals surface area (Å²) in [6.07, 6.45) is 2.25. The Labute approximate surface area is 207 Å². The van der Waals surface area contributed by atoms with Gasteiger partial charge in [0.05, 0.1) is 30.2 Å². The Kier molecular flexibility index (Phi) is 7.14. The Balaban J connectivity index is 1.17. The highest BCUT2D eigenvalue weighted by Crippen LogP contribution is 2.30. The number of aliphatic hydroxyl groups excluding tert-OH is 1. The van der Waals surface area contributed by atoms with Gasteiger partial charge in [-0.3, -0.25) is 14.7 Å². The summed E-state index contributed by atoms with van der Waals surface area (Å²) in [5, 5.41) is 18.7. The number of likely N-dealkylation sites (tertiary alicyclic amines) is 1. The average molecular weight is 498 g/mol. The molecule has 184 valence electrons. The number of hydrogen-bond donors (Lipinski definition) is 3. The van der Waals surface area contributed by atoms with E-state index in [-0.39, 0.29) is 18.5 Å². The summed E-state index contributed by atoms with van der Waals surface area (Å²) in [5.41, 5.74) is 3.15. The molecule has 0 radical (unpaired) electrons. The van der Waals surface area contributed by atoms with Gasteiger partial charge in [-0.15, -0.1) is 0 Å². The van der Waals surface area contributed by atoms with E-state index in [1.54, 1.807) is 25.6 Å². The van der Waals surface area contributed by atoms with Crippen LogP contribution in [0.4, 0.5) is 10.1 Å².